The zero-order chi connectivity index (χ0) is 16.7. The fraction of sp³-hybridized carbons (Fsp3) is 0.588. The van der Waals surface area contributed by atoms with E-state index in [0.717, 1.165) is 44.2 Å². The second-order valence-corrected chi connectivity index (χ2v) is 5.75. The third-order valence-electron chi connectivity index (χ3n) is 3.88. The molecular formula is C17H27FIN3O2. The molecule has 2 rings (SSSR count). The van der Waals surface area contributed by atoms with Crippen LogP contribution < -0.4 is 10.1 Å². The SMILES string of the molecule is CCNC(=NCc1ccc(OC)c(F)c1)N(C)CC1CCOC1.I. The van der Waals surface area contributed by atoms with Crippen LogP contribution >= 0.6 is 24.0 Å². The molecule has 7 heteroatoms. The first-order valence-corrected chi connectivity index (χ1v) is 8.03. The molecule has 5 nitrogen and oxygen atoms in total. The number of ether oxygens (including phenoxy) is 2. The maximum absolute atomic E-state index is 13.7. The number of hydrogen-bond acceptors (Lipinski definition) is 3. The van der Waals surface area contributed by atoms with Gasteiger partial charge >= 0.3 is 0 Å². The van der Waals surface area contributed by atoms with Gasteiger partial charge in [-0.25, -0.2) is 9.38 Å². The zero-order valence-electron chi connectivity index (χ0n) is 14.5. The summed E-state index contributed by atoms with van der Waals surface area (Å²) in [6.07, 6.45) is 1.09. The Bertz CT molecular complexity index is 537. The van der Waals surface area contributed by atoms with E-state index in [9.17, 15) is 4.39 Å². The number of rotatable bonds is 6. The Morgan fingerprint density at radius 1 is 1.50 bits per heavy atom. The summed E-state index contributed by atoms with van der Waals surface area (Å²) < 4.78 is 24.1. The largest absolute Gasteiger partial charge is 0.494 e. The first-order valence-electron chi connectivity index (χ1n) is 8.03. The first kappa shape index (κ1) is 21.0. The molecular weight excluding hydrogens is 424 g/mol. The van der Waals surface area contributed by atoms with Crippen molar-refractivity contribution in [3.05, 3.63) is 29.6 Å². The second kappa shape index (κ2) is 10.7. The highest BCUT2D eigenvalue weighted by molar-refractivity contribution is 14.0. The number of nitrogens with zero attached hydrogens (tertiary/aromatic N) is 2. The molecule has 24 heavy (non-hydrogen) atoms. The molecule has 1 heterocycles. The predicted octanol–water partition coefficient (Wildman–Crippen LogP) is 2.89. The summed E-state index contributed by atoms with van der Waals surface area (Å²) in [5, 5.41) is 3.28. The lowest BCUT2D eigenvalue weighted by Gasteiger charge is -2.24. The molecule has 0 saturated carbocycles. The number of methoxy groups -OCH3 is 1. The Hall–Kier alpha value is -1.09. The van der Waals surface area contributed by atoms with Crippen molar-refractivity contribution in [1.82, 2.24) is 10.2 Å². The van der Waals surface area contributed by atoms with Crippen molar-refractivity contribution < 1.29 is 13.9 Å². The molecule has 136 valence electrons. The van der Waals surface area contributed by atoms with Gasteiger partial charge < -0.3 is 19.7 Å². The van der Waals surface area contributed by atoms with Crippen molar-refractivity contribution in [2.75, 3.05) is 40.5 Å². The van der Waals surface area contributed by atoms with Gasteiger partial charge in [-0.1, -0.05) is 6.07 Å². The highest BCUT2D eigenvalue weighted by atomic mass is 127. The van der Waals surface area contributed by atoms with E-state index in [1.807, 2.05) is 20.0 Å². The van der Waals surface area contributed by atoms with Gasteiger partial charge in [0.25, 0.3) is 0 Å². The normalized spacial score (nSPS) is 17.3. The minimum atomic E-state index is -0.360. The number of aliphatic imine (C=N–C) groups is 1. The average molecular weight is 451 g/mol. The van der Waals surface area contributed by atoms with Crippen molar-refractivity contribution >= 4 is 29.9 Å². The van der Waals surface area contributed by atoms with Crippen LogP contribution in [-0.4, -0.2) is 51.3 Å². The smallest absolute Gasteiger partial charge is 0.193 e. The van der Waals surface area contributed by atoms with Crippen LogP contribution in [0, 0.1) is 11.7 Å². The molecule has 0 amide bonds. The number of halogens is 2. The molecule has 0 bridgehead atoms. The summed E-state index contributed by atoms with van der Waals surface area (Å²) in [4.78, 5) is 6.72. The summed E-state index contributed by atoms with van der Waals surface area (Å²) in [6.45, 7) is 5.82. The van der Waals surface area contributed by atoms with Crippen LogP contribution in [0.5, 0.6) is 5.75 Å². The van der Waals surface area contributed by atoms with Crippen LogP contribution in [0.4, 0.5) is 4.39 Å². The van der Waals surface area contributed by atoms with E-state index in [0.29, 0.717) is 12.5 Å². The van der Waals surface area contributed by atoms with Crippen molar-refractivity contribution in [2.24, 2.45) is 10.9 Å². The lowest BCUT2D eigenvalue weighted by molar-refractivity contribution is 0.181. The molecule has 1 aromatic carbocycles. The molecule has 1 unspecified atom stereocenters. The Morgan fingerprint density at radius 2 is 2.29 bits per heavy atom. The molecule has 0 radical (unpaired) electrons. The van der Waals surface area contributed by atoms with Crippen LogP contribution in [0.3, 0.4) is 0 Å². The maximum atomic E-state index is 13.7. The molecule has 0 aromatic heterocycles. The maximum Gasteiger partial charge on any atom is 0.193 e. The number of guanidine groups is 1. The Labute approximate surface area is 160 Å². The molecule has 0 aliphatic carbocycles. The highest BCUT2D eigenvalue weighted by Crippen LogP contribution is 2.18. The molecule has 1 aromatic rings. The average Bonchev–Trinajstić information content (AvgIpc) is 3.04. The summed E-state index contributed by atoms with van der Waals surface area (Å²) in [5.41, 5.74) is 0.816. The van der Waals surface area contributed by atoms with Crippen LogP contribution in [0.2, 0.25) is 0 Å². The van der Waals surface area contributed by atoms with Gasteiger partial charge in [0, 0.05) is 32.7 Å². The van der Waals surface area contributed by atoms with E-state index in [2.05, 4.69) is 15.2 Å². The molecule has 1 fully saturated rings. The van der Waals surface area contributed by atoms with Gasteiger partial charge in [0.05, 0.1) is 20.3 Å². The zero-order valence-corrected chi connectivity index (χ0v) is 16.9. The Kier molecular flexibility index (Phi) is 9.35. The molecule has 0 spiro atoms. The monoisotopic (exact) mass is 451 g/mol. The lowest BCUT2D eigenvalue weighted by atomic mass is 10.1. The molecule has 1 atom stereocenters. The quantitative estimate of drug-likeness (QED) is 0.411. The van der Waals surface area contributed by atoms with E-state index < -0.39 is 0 Å². The fourth-order valence-electron chi connectivity index (χ4n) is 2.65. The van der Waals surface area contributed by atoms with E-state index in [1.165, 1.54) is 13.2 Å². The first-order chi connectivity index (χ1) is 11.1. The molecule has 1 aliphatic rings. The minimum Gasteiger partial charge on any atom is -0.494 e. The topological polar surface area (TPSA) is 46.1 Å². The van der Waals surface area contributed by atoms with E-state index in [4.69, 9.17) is 9.47 Å². The van der Waals surface area contributed by atoms with Crippen LogP contribution in [0.1, 0.15) is 18.9 Å². The lowest BCUT2D eigenvalue weighted by Crippen LogP contribution is -2.41. The number of nitrogens with one attached hydrogen (secondary N) is 1. The molecule has 1 N–H and O–H groups in total. The summed E-state index contributed by atoms with van der Waals surface area (Å²) in [6, 6.07) is 4.93. The second-order valence-electron chi connectivity index (χ2n) is 5.75. The minimum absolute atomic E-state index is 0. The van der Waals surface area contributed by atoms with Gasteiger partial charge in [-0.05, 0) is 31.0 Å². The van der Waals surface area contributed by atoms with Crippen molar-refractivity contribution in [2.45, 2.75) is 19.9 Å². The standard InChI is InChI=1S/C17H26FN3O2.HI/c1-4-19-17(21(2)11-14-7-8-23-12-14)20-10-13-5-6-16(22-3)15(18)9-13;/h5-6,9,14H,4,7-8,10-12H2,1-3H3,(H,19,20);1H. The van der Waals surface area contributed by atoms with Crippen molar-refractivity contribution in [1.29, 1.82) is 0 Å². The van der Waals surface area contributed by atoms with Gasteiger partial charge in [0.1, 0.15) is 0 Å². The summed E-state index contributed by atoms with van der Waals surface area (Å²) in [5.74, 6) is 1.27. The van der Waals surface area contributed by atoms with E-state index in [-0.39, 0.29) is 35.5 Å². The predicted molar refractivity (Wildman–Crippen MR) is 105 cm³/mol. The van der Waals surface area contributed by atoms with Gasteiger partial charge in [0.2, 0.25) is 0 Å². The van der Waals surface area contributed by atoms with Gasteiger partial charge in [-0.2, -0.15) is 0 Å². The van der Waals surface area contributed by atoms with Crippen LogP contribution in [0.25, 0.3) is 0 Å². The van der Waals surface area contributed by atoms with Crippen LogP contribution in [0.15, 0.2) is 23.2 Å². The third-order valence-corrected chi connectivity index (χ3v) is 3.88. The third kappa shape index (κ3) is 6.08. The highest BCUT2D eigenvalue weighted by Gasteiger charge is 2.19. The van der Waals surface area contributed by atoms with Gasteiger partial charge in [-0.15, -0.1) is 24.0 Å². The number of hydrogen-bond donors (Lipinski definition) is 1. The molecule has 1 saturated heterocycles. The van der Waals surface area contributed by atoms with Crippen molar-refractivity contribution in [3.63, 3.8) is 0 Å². The van der Waals surface area contributed by atoms with E-state index >= 15 is 0 Å². The van der Waals surface area contributed by atoms with Crippen LogP contribution in [-0.2, 0) is 11.3 Å². The molecule has 1 aliphatic heterocycles. The summed E-state index contributed by atoms with van der Waals surface area (Å²) in [7, 11) is 3.48. The van der Waals surface area contributed by atoms with Gasteiger partial charge in [-0.3, -0.25) is 0 Å². The van der Waals surface area contributed by atoms with Gasteiger partial charge in [0.15, 0.2) is 17.5 Å². The van der Waals surface area contributed by atoms with E-state index in [1.54, 1.807) is 6.07 Å². The Balaban J connectivity index is 0.00000288. The fourth-order valence-corrected chi connectivity index (χ4v) is 2.65. The van der Waals surface area contributed by atoms with Crippen molar-refractivity contribution in [3.8, 4) is 5.75 Å². The Morgan fingerprint density at radius 3 is 2.88 bits per heavy atom. The number of benzene rings is 1. The summed E-state index contributed by atoms with van der Waals surface area (Å²) >= 11 is 0.